The van der Waals surface area contributed by atoms with Gasteiger partial charge in [0.2, 0.25) is 0 Å². The lowest BCUT2D eigenvalue weighted by Gasteiger charge is -2.38. The molecule has 0 aromatic carbocycles. The van der Waals surface area contributed by atoms with E-state index in [2.05, 4.69) is 0 Å². The van der Waals surface area contributed by atoms with Crippen molar-refractivity contribution in [2.75, 3.05) is 0 Å². The first-order chi connectivity index (χ1) is 9.48. The minimum absolute atomic E-state index is 0.0392. The Morgan fingerprint density at radius 2 is 1.14 bits per heavy atom. The maximum Gasteiger partial charge on any atom is 0.429 e. The second-order valence-corrected chi connectivity index (χ2v) is 7.77. The van der Waals surface area contributed by atoms with Crippen LogP contribution in [0, 0.1) is 0 Å². The van der Waals surface area contributed by atoms with Crippen LogP contribution in [0.4, 0.5) is 9.59 Å². The summed E-state index contributed by atoms with van der Waals surface area (Å²) < 4.78 is 10.8. The van der Waals surface area contributed by atoms with E-state index in [1.54, 1.807) is 0 Å². The Labute approximate surface area is 126 Å². The summed E-state index contributed by atoms with van der Waals surface area (Å²) in [6.45, 7) is 10.9. The Kier molecular flexibility index (Phi) is 3.84. The van der Waals surface area contributed by atoms with Gasteiger partial charge in [0, 0.05) is 0 Å². The lowest BCUT2D eigenvalue weighted by Crippen LogP contribution is -2.55. The highest BCUT2D eigenvalue weighted by Crippen LogP contribution is 2.39. The van der Waals surface area contributed by atoms with Gasteiger partial charge in [0.25, 0.3) is 0 Å². The molecule has 6 heteroatoms. The number of carbonyl (C=O) groups excluding carboxylic acids is 2. The van der Waals surface area contributed by atoms with Gasteiger partial charge < -0.3 is 9.47 Å². The van der Waals surface area contributed by atoms with Crippen LogP contribution in [0.3, 0.4) is 0 Å². The fourth-order valence-corrected chi connectivity index (χ4v) is 2.82. The molecule has 0 aromatic rings. The summed E-state index contributed by atoms with van der Waals surface area (Å²) in [5.74, 6) is 0. The zero-order valence-electron chi connectivity index (χ0n) is 13.8. The molecular formula is C15H26N2O4. The molecule has 1 saturated carbocycles. The molecule has 0 aromatic heterocycles. The maximum atomic E-state index is 12.4. The van der Waals surface area contributed by atoms with Gasteiger partial charge in [-0.3, -0.25) is 0 Å². The highest BCUT2D eigenvalue weighted by molar-refractivity contribution is 5.76. The fourth-order valence-electron chi connectivity index (χ4n) is 2.82. The van der Waals surface area contributed by atoms with Gasteiger partial charge in [0.15, 0.2) is 0 Å². The summed E-state index contributed by atoms with van der Waals surface area (Å²) in [6, 6.07) is 0.0785. The molecule has 1 aliphatic heterocycles. The SMILES string of the molecule is CC(C)(C)OC(=O)N1[C@H]2CC[C@@H](C2)N1C(=O)OC(C)(C)C. The van der Waals surface area contributed by atoms with E-state index in [4.69, 9.17) is 9.47 Å². The maximum absolute atomic E-state index is 12.4. The third-order valence-corrected chi connectivity index (χ3v) is 3.46. The van der Waals surface area contributed by atoms with Crippen molar-refractivity contribution in [1.82, 2.24) is 10.0 Å². The number of carbonyl (C=O) groups is 2. The van der Waals surface area contributed by atoms with Crippen molar-refractivity contribution in [3.8, 4) is 0 Å². The molecule has 2 atom stereocenters. The van der Waals surface area contributed by atoms with Crippen LogP contribution in [-0.4, -0.2) is 45.5 Å². The van der Waals surface area contributed by atoms with Gasteiger partial charge in [-0.05, 0) is 60.8 Å². The summed E-state index contributed by atoms with van der Waals surface area (Å²) in [5.41, 5.74) is -1.17. The van der Waals surface area contributed by atoms with E-state index in [0.29, 0.717) is 0 Å². The normalized spacial score (nSPS) is 25.2. The molecule has 0 spiro atoms. The zero-order chi connectivity index (χ0) is 16.0. The Hall–Kier alpha value is -1.46. The van der Waals surface area contributed by atoms with Gasteiger partial charge in [-0.2, -0.15) is 0 Å². The summed E-state index contributed by atoms with van der Waals surface area (Å²) >= 11 is 0. The van der Waals surface area contributed by atoms with Crippen LogP contribution in [0.25, 0.3) is 0 Å². The largest absolute Gasteiger partial charge is 0.442 e. The van der Waals surface area contributed by atoms with E-state index < -0.39 is 23.4 Å². The molecule has 2 amide bonds. The van der Waals surface area contributed by atoms with E-state index in [0.717, 1.165) is 19.3 Å². The quantitative estimate of drug-likeness (QED) is 0.688. The predicted molar refractivity (Wildman–Crippen MR) is 77.6 cm³/mol. The molecular weight excluding hydrogens is 272 g/mol. The Balaban J connectivity index is 2.14. The zero-order valence-corrected chi connectivity index (χ0v) is 13.8. The van der Waals surface area contributed by atoms with Gasteiger partial charge in [0.05, 0.1) is 12.1 Å². The second-order valence-electron chi connectivity index (χ2n) is 7.77. The minimum atomic E-state index is -0.585. The monoisotopic (exact) mass is 298 g/mol. The van der Waals surface area contributed by atoms with Crippen LogP contribution in [0.1, 0.15) is 60.8 Å². The lowest BCUT2D eigenvalue weighted by molar-refractivity contribution is -0.0750. The van der Waals surface area contributed by atoms with Crippen molar-refractivity contribution in [3.05, 3.63) is 0 Å². The van der Waals surface area contributed by atoms with E-state index in [1.165, 1.54) is 10.0 Å². The standard InChI is InChI=1S/C15H26N2O4/c1-14(2,3)20-12(18)16-10-7-8-11(9-10)17(16)13(19)21-15(4,5)6/h10-11H,7-9H2,1-6H3/t10-,11-/m0/s1. The molecule has 6 nitrogen and oxygen atoms in total. The van der Waals surface area contributed by atoms with Crippen LogP contribution in [-0.2, 0) is 9.47 Å². The number of hydrazine groups is 1. The molecule has 2 aliphatic rings. The molecule has 120 valence electrons. The molecule has 21 heavy (non-hydrogen) atoms. The molecule has 2 rings (SSSR count). The van der Waals surface area contributed by atoms with Crippen molar-refractivity contribution >= 4 is 12.2 Å². The molecule has 2 bridgehead atoms. The predicted octanol–water partition coefficient (Wildman–Crippen LogP) is 3.31. The van der Waals surface area contributed by atoms with Crippen molar-refractivity contribution in [1.29, 1.82) is 0 Å². The van der Waals surface area contributed by atoms with Crippen LogP contribution >= 0.6 is 0 Å². The molecule has 1 aliphatic carbocycles. The number of rotatable bonds is 0. The minimum Gasteiger partial charge on any atom is -0.442 e. The molecule has 1 heterocycles. The van der Waals surface area contributed by atoms with Crippen LogP contribution in [0.2, 0.25) is 0 Å². The first kappa shape index (κ1) is 15.9. The topological polar surface area (TPSA) is 59.1 Å². The Bertz CT molecular complexity index is 396. The van der Waals surface area contributed by atoms with E-state index in [-0.39, 0.29) is 12.1 Å². The van der Waals surface area contributed by atoms with Crippen LogP contribution < -0.4 is 0 Å². The van der Waals surface area contributed by atoms with E-state index in [1.807, 2.05) is 41.5 Å². The first-order valence-corrected chi connectivity index (χ1v) is 7.52. The van der Waals surface area contributed by atoms with Crippen LogP contribution in [0.5, 0.6) is 0 Å². The van der Waals surface area contributed by atoms with Crippen molar-refractivity contribution in [2.45, 2.75) is 84.1 Å². The van der Waals surface area contributed by atoms with Crippen molar-refractivity contribution in [2.24, 2.45) is 0 Å². The average molecular weight is 298 g/mol. The van der Waals surface area contributed by atoms with Crippen LogP contribution in [0.15, 0.2) is 0 Å². The number of amides is 2. The van der Waals surface area contributed by atoms with E-state index >= 15 is 0 Å². The van der Waals surface area contributed by atoms with Gasteiger partial charge in [0.1, 0.15) is 11.2 Å². The number of hydrogen-bond donors (Lipinski definition) is 0. The third kappa shape index (κ3) is 3.60. The number of hydrogen-bond acceptors (Lipinski definition) is 4. The highest BCUT2D eigenvalue weighted by Gasteiger charge is 2.51. The smallest absolute Gasteiger partial charge is 0.429 e. The summed E-state index contributed by atoms with van der Waals surface area (Å²) in [4.78, 5) is 24.8. The Morgan fingerprint density at radius 1 is 0.810 bits per heavy atom. The number of nitrogens with zero attached hydrogens (tertiary/aromatic N) is 2. The van der Waals surface area contributed by atoms with Gasteiger partial charge in [-0.15, -0.1) is 0 Å². The van der Waals surface area contributed by atoms with Gasteiger partial charge >= 0.3 is 12.2 Å². The molecule has 0 unspecified atom stereocenters. The summed E-state index contributed by atoms with van der Waals surface area (Å²) in [5, 5.41) is 2.90. The molecule has 0 N–H and O–H groups in total. The third-order valence-electron chi connectivity index (χ3n) is 3.46. The highest BCUT2D eigenvalue weighted by atomic mass is 16.6. The number of fused-ring (bicyclic) bond motifs is 2. The van der Waals surface area contributed by atoms with E-state index in [9.17, 15) is 9.59 Å². The lowest BCUT2D eigenvalue weighted by atomic mass is 10.2. The first-order valence-electron chi connectivity index (χ1n) is 7.52. The van der Waals surface area contributed by atoms with Crippen molar-refractivity contribution < 1.29 is 19.1 Å². The Morgan fingerprint density at radius 3 is 1.43 bits per heavy atom. The van der Waals surface area contributed by atoms with Gasteiger partial charge in [-0.25, -0.2) is 19.6 Å². The average Bonchev–Trinajstić information content (AvgIpc) is 2.82. The summed E-state index contributed by atoms with van der Waals surface area (Å²) in [7, 11) is 0. The summed E-state index contributed by atoms with van der Waals surface area (Å²) in [6.07, 6.45) is 1.67. The van der Waals surface area contributed by atoms with Crippen molar-refractivity contribution in [3.63, 3.8) is 0 Å². The number of ether oxygens (including phenoxy) is 2. The molecule has 1 saturated heterocycles. The second kappa shape index (κ2) is 5.07. The molecule has 0 radical (unpaired) electrons. The van der Waals surface area contributed by atoms with Gasteiger partial charge in [-0.1, -0.05) is 0 Å². The molecule has 2 fully saturated rings. The fraction of sp³-hybridized carbons (Fsp3) is 0.867.